The smallest absolute Gasteiger partial charge is 0.193 e. The maximum Gasteiger partial charge on any atom is 0.193 e. The highest BCUT2D eigenvalue weighted by molar-refractivity contribution is 14.0. The van der Waals surface area contributed by atoms with E-state index in [0.29, 0.717) is 0 Å². The molecule has 0 saturated carbocycles. The van der Waals surface area contributed by atoms with Gasteiger partial charge < -0.3 is 15.0 Å². The molecule has 0 radical (unpaired) electrons. The molecule has 1 aromatic carbocycles. The number of thiophene rings is 1. The number of nitrogens with zero attached hydrogens (tertiary/aromatic N) is 2. The van der Waals surface area contributed by atoms with E-state index in [4.69, 9.17) is 4.74 Å². The van der Waals surface area contributed by atoms with Gasteiger partial charge in [0.15, 0.2) is 5.96 Å². The normalized spacial score (nSPS) is 16.3. The first-order valence-electron chi connectivity index (χ1n) is 9.73. The second-order valence-corrected chi connectivity index (χ2v) is 8.39. The van der Waals surface area contributed by atoms with Crippen molar-refractivity contribution in [2.45, 2.75) is 31.6 Å². The van der Waals surface area contributed by atoms with E-state index in [1.807, 2.05) is 18.4 Å². The van der Waals surface area contributed by atoms with Crippen LogP contribution < -0.4 is 5.32 Å². The lowest BCUT2D eigenvalue weighted by Crippen LogP contribution is -2.49. The predicted octanol–water partition coefficient (Wildman–Crippen LogP) is 4.47. The second-order valence-electron chi connectivity index (χ2n) is 7.36. The van der Waals surface area contributed by atoms with Crippen molar-refractivity contribution >= 4 is 41.3 Å². The van der Waals surface area contributed by atoms with Crippen molar-refractivity contribution in [3.63, 3.8) is 0 Å². The van der Waals surface area contributed by atoms with Crippen LogP contribution in [0.15, 0.2) is 46.8 Å². The Kier molecular flexibility index (Phi) is 9.24. The van der Waals surface area contributed by atoms with Crippen LogP contribution in [0.2, 0.25) is 0 Å². The molecular weight excluding hydrogens is 481 g/mol. The van der Waals surface area contributed by atoms with Crippen LogP contribution >= 0.6 is 35.3 Å². The molecule has 1 aliphatic heterocycles. The number of benzene rings is 1. The highest BCUT2D eigenvalue weighted by Crippen LogP contribution is 2.36. The van der Waals surface area contributed by atoms with Crippen LogP contribution in [0.1, 0.15) is 28.8 Å². The minimum Gasteiger partial charge on any atom is -0.381 e. The Balaban J connectivity index is 0.00000280. The van der Waals surface area contributed by atoms with E-state index in [1.54, 1.807) is 0 Å². The zero-order valence-corrected chi connectivity index (χ0v) is 20.3. The summed E-state index contributed by atoms with van der Waals surface area (Å²) in [6.07, 6.45) is 3.13. The van der Waals surface area contributed by atoms with Gasteiger partial charge in [0.2, 0.25) is 0 Å². The topological polar surface area (TPSA) is 36.9 Å². The molecule has 0 spiro atoms. The van der Waals surface area contributed by atoms with Gasteiger partial charge in [-0.05, 0) is 48.8 Å². The van der Waals surface area contributed by atoms with Gasteiger partial charge >= 0.3 is 0 Å². The quantitative estimate of drug-likeness (QED) is 0.352. The van der Waals surface area contributed by atoms with E-state index in [1.165, 1.54) is 16.0 Å². The number of likely N-dealkylation sites (N-methyl/N-ethyl adjacent to an activating group) is 1. The molecule has 4 nitrogen and oxygen atoms in total. The molecule has 0 amide bonds. The molecule has 0 unspecified atom stereocenters. The van der Waals surface area contributed by atoms with E-state index >= 15 is 0 Å². The van der Waals surface area contributed by atoms with Crippen LogP contribution in [0.25, 0.3) is 0 Å². The first kappa shape index (κ1) is 23.2. The lowest BCUT2D eigenvalue weighted by molar-refractivity contribution is 0.0510. The number of nitrogens with one attached hydrogen (secondary N) is 1. The lowest BCUT2D eigenvalue weighted by atomic mass is 9.72. The molecule has 2 aromatic rings. The summed E-state index contributed by atoms with van der Waals surface area (Å²) in [5.74, 6) is 0.964. The van der Waals surface area contributed by atoms with Crippen LogP contribution in [0.5, 0.6) is 0 Å². The van der Waals surface area contributed by atoms with Gasteiger partial charge in [-0.2, -0.15) is 0 Å². The molecule has 1 fully saturated rings. The molecule has 0 bridgehead atoms. The van der Waals surface area contributed by atoms with Gasteiger partial charge in [-0.25, -0.2) is 0 Å². The summed E-state index contributed by atoms with van der Waals surface area (Å²) < 4.78 is 5.68. The average molecular weight is 513 g/mol. The average Bonchev–Trinajstić information content (AvgIpc) is 3.21. The highest BCUT2D eigenvalue weighted by Gasteiger charge is 2.35. The standard InChI is InChI=1S/C22H31N3OS.HI/c1-18-7-4-5-9-20(18)22(11-14-26-15-12-22)17-24-21(23-2)25(3)13-10-19-8-6-16-27-19;/h4-9,16H,10-15,17H2,1-3H3,(H,23,24);1H. The molecule has 2 heterocycles. The van der Waals surface area contributed by atoms with Crippen LogP contribution in [0, 0.1) is 6.92 Å². The summed E-state index contributed by atoms with van der Waals surface area (Å²) in [6, 6.07) is 13.1. The first-order valence-corrected chi connectivity index (χ1v) is 10.6. The van der Waals surface area contributed by atoms with Crippen molar-refractivity contribution in [1.29, 1.82) is 0 Å². The summed E-state index contributed by atoms with van der Waals surface area (Å²) >= 11 is 1.82. The zero-order chi connectivity index (χ0) is 19.1. The molecule has 154 valence electrons. The van der Waals surface area contributed by atoms with Gasteiger partial charge in [0.25, 0.3) is 0 Å². The predicted molar refractivity (Wildman–Crippen MR) is 130 cm³/mol. The Hall–Kier alpha value is -1.12. The van der Waals surface area contributed by atoms with Crippen LogP contribution in [0.4, 0.5) is 0 Å². The van der Waals surface area contributed by atoms with Crippen molar-refractivity contribution < 1.29 is 4.74 Å². The van der Waals surface area contributed by atoms with E-state index in [0.717, 1.165) is 51.5 Å². The Labute approximate surface area is 190 Å². The summed E-state index contributed by atoms with van der Waals surface area (Å²) in [5, 5.41) is 5.80. The Morgan fingerprint density at radius 3 is 2.61 bits per heavy atom. The third kappa shape index (κ3) is 5.70. The molecule has 1 saturated heterocycles. The molecule has 6 heteroatoms. The number of guanidine groups is 1. The van der Waals surface area contributed by atoms with E-state index in [-0.39, 0.29) is 29.4 Å². The molecule has 28 heavy (non-hydrogen) atoms. The van der Waals surface area contributed by atoms with Gasteiger partial charge in [0.1, 0.15) is 0 Å². The van der Waals surface area contributed by atoms with E-state index < -0.39 is 0 Å². The van der Waals surface area contributed by atoms with E-state index in [2.05, 4.69) is 71.0 Å². The van der Waals surface area contributed by atoms with Gasteiger partial charge in [-0.1, -0.05) is 30.3 Å². The second kappa shape index (κ2) is 11.2. The largest absolute Gasteiger partial charge is 0.381 e. The van der Waals surface area contributed by atoms with Crippen molar-refractivity contribution in [1.82, 2.24) is 10.2 Å². The van der Waals surface area contributed by atoms with Crippen molar-refractivity contribution in [2.24, 2.45) is 4.99 Å². The Bertz CT molecular complexity index is 742. The maximum atomic E-state index is 5.68. The summed E-state index contributed by atoms with van der Waals surface area (Å²) in [6.45, 7) is 5.71. The van der Waals surface area contributed by atoms with Crippen LogP contribution in [0.3, 0.4) is 0 Å². The van der Waals surface area contributed by atoms with Gasteiger partial charge in [0.05, 0.1) is 0 Å². The lowest BCUT2D eigenvalue weighted by Gasteiger charge is -2.39. The molecule has 3 rings (SSSR count). The maximum absolute atomic E-state index is 5.68. The molecular formula is C22H32IN3OS. The molecule has 1 aromatic heterocycles. The number of aliphatic imine (C=N–C) groups is 1. The number of hydrogen-bond donors (Lipinski definition) is 1. The van der Waals surface area contributed by atoms with Crippen LogP contribution in [-0.4, -0.2) is 51.3 Å². The Morgan fingerprint density at radius 2 is 1.96 bits per heavy atom. The fraction of sp³-hybridized carbons (Fsp3) is 0.500. The minimum absolute atomic E-state index is 0. The minimum atomic E-state index is 0. The number of halogens is 1. The number of rotatable bonds is 6. The third-order valence-corrected chi connectivity index (χ3v) is 6.53. The van der Waals surface area contributed by atoms with Crippen molar-refractivity contribution in [3.8, 4) is 0 Å². The fourth-order valence-electron chi connectivity index (χ4n) is 3.94. The summed E-state index contributed by atoms with van der Waals surface area (Å²) in [5.41, 5.74) is 2.91. The summed E-state index contributed by atoms with van der Waals surface area (Å²) in [4.78, 5) is 8.16. The Morgan fingerprint density at radius 1 is 1.21 bits per heavy atom. The number of hydrogen-bond acceptors (Lipinski definition) is 3. The SMILES string of the molecule is CN=C(NCC1(c2ccccc2C)CCOCC1)N(C)CCc1cccs1.I. The zero-order valence-electron chi connectivity index (χ0n) is 17.1. The highest BCUT2D eigenvalue weighted by atomic mass is 127. The third-order valence-electron chi connectivity index (χ3n) is 5.60. The van der Waals surface area contributed by atoms with Gasteiger partial charge in [-0.15, -0.1) is 35.3 Å². The van der Waals surface area contributed by atoms with E-state index in [9.17, 15) is 0 Å². The molecule has 0 atom stereocenters. The van der Waals surface area contributed by atoms with Gasteiger partial charge in [-0.3, -0.25) is 4.99 Å². The monoisotopic (exact) mass is 513 g/mol. The number of ether oxygens (including phenoxy) is 1. The van der Waals surface area contributed by atoms with Crippen molar-refractivity contribution in [2.75, 3.05) is 40.4 Å². The summed E-state index contributed by atoms with van der Waals surface area (Å²) in [7, 11) is 3.99. The fourth-order valence-corrected chi connectivity index (χ4v) is 4.64. The molecule has 1 N–H and O–H groups in total. The number of aryl methyl sites for hydroxylation is 1. The first-order chi connectivity index (χ1) is 13.1. The van der Waals surface area contributed by atoms with Crippen molar-refractivity contribution in [3.05, 3.63) is 57.8 Å². The van der Waals surface area contributed by atoms with Crippen LogP contribution in [-0.2, 0) is 16.6 Å². The van der Waals surface area contributed by atoms with Gasteiger partial charge in [0, 0.05) is 50.7 Å². The molecule has 0 aliphatic carbocycles. The molecule has 1 aliphatic rings.